The number of amides is 1. The Labute approximate surface area is 116 Å². The van der Waals surface area contributed by atoms with Crippen LogP contribution in [0.1, 0.15) is 11.6 Å². The molecule has 2 atom stereocenters. The molecule has 0 aromatic heterocycles. The number of benzene rings is 1. The quantitative estimate of drug-likeness (QED) is 0.805. The van der Waals surface area contributed by atoms with Gasteiger partial charge in [-0.2, -0.15) is 0 Å². The number of carbonyl (C=O) groups is 1. The van der Waals surface area contributed by atoms with Crippen LogP contribution in [0, 0.1) is 0 Å². The lowest BCUT2D eigenvalue weighted by Crippen LogP contribution is -2.42. The van der Waals surface area contributed by atoms with Crippen LogP contribution >= 0.6 is 0 Å². The van der Waals surface area contributed by atoms with Gasteiger partial charge in [-0.1, -0.05) is 6.07 Å². The molecule has 1 heterocycles. The van der Waals surface area contributed by atoms with Crippen molar-refractivity contribution >= 4 is 11.7 Å². The van der Waals surface area contributed by atoms with E-state index < -0.39 is 18.1 Å². The van der Waals surface area contributed by atoms with Gasteiger partial charge in [-0.05, 0) is 17.7 Å². The van der Waals surface area contributed by atoms with E-state index in [4.69, 9.17) is 25.7 Å². The zero-order chi connectivity index (χ0) is 14.7. The number of amidine groups is 1. The minimum atomic E-state index is -0.847. The molecular formula is C13H17N3O4. The van der Waals surface area contributed by atoms with Gasteiger partial charge in [0.25, 0.3) is 0 Å². The average molecular weight is 279 g/mol. The van der Waals surface area contributed by atoms with Crippen molar-refractivity contribution in [1.82, 2.24) is 0 Å². The first kappa shape index (κ1) is 14.1. The molecule has 1 amide bonds. The summed E-state index contributed by atoms with van der Waals surface area (Å²) in [4.78, 5) is 15.7. The molecule has 4 N–H and O–H groups in total. The summed E-state index contributed by atoms with van der Waals surface area (Å²) in [5.74, 6) is 0.858. The third-order valence-corrected chi connectivity index (χ3v) is 3.03. The molecule has 1 aliphatic rings. The van der Waals surface area contributed by atoms with Gasteiger partial charge in [0.2, 0.25) is 5.91 Å². The van der Waals surface area contributed by atoms with E-state index in [2.05, 4.69) is 4.99 Å². The summed E-state index contributed by atoms with van der Waals surface area (Å²) < 4.78 is 15.7. The molecule has 108 valence electrons. The van der Waals surface area contributed by atoms with Gasteiger partial charge in [-0.25, -0.2) is 0 Å². The number of rotatable bonds is 4. The Morgan fingerprint density at radius 3 is 2.65 bits per heavy atom. The highest BCUT2D eigenvalue weighted by atomic mass is 16.5. The van der Waals surface area contributed by atoms with Gasteiger partial charge < -0.3 is 25.7 Å². The number of aliphatic imine (C=N–C) groups is 1. The Bertz CT molecular complexity index is 544. The first-order valence-corrected chi connectivity index (χ1v) is 6.01. The molecule has 0 unspecified atom stereocenters. The number of nitrogens with zero attached hydrogens (tertiary/aromatic N) is 1. The second-order valence-corrected chi connectivity index (χ2v) is 4.31. The van der Waals surface area contributed by atoms with E-state index in [0.717, 1.165) is 0 Å². The fourth-order valence-electron chi connectivity index (χ4n) is 2.07. The fraction of sp³-hybridized carbons (Fsp3) is 0.385. The van der Waals surface area contributed by atoms with E-state index in [1.165, 1.54) is 7.11 Å². The summed E-state index contributed by atoms with van der Waals surface area (Å²) in [5, 5.41) is 0. The van der Waals surface area contributed by atoms with Crippen molar-refractivity contribution in [2.45, 2.75) is 12.1 Å². The molecular weight excluding hydrogens is 262 g/mol. The van der Waals surface area contributed by atoms with Gasteiger partial charge in [0.15, 0.2) is 17.6 Å². The van der Waals surface area contributed by atoms with Crippen LogP contribution < -0.4 is 20.9 Å². The number of primary amides is 1. The van der Waals surface area contributed by atoms with Crippen molar-refractivity contribution in [1.29, 1.82) is 0 Å². The largest absolute Gasteiger partial charge is 0.493 e. The van der Waals surface area contributed by atoms with Crippen LogP contribution in [0.25, 0.3) is 0 Å². The van der Waals surface area contributed by atoms with E-state index in [-0.39, 0.29) is 6.61 Å². The van der Waals surface area contributed by atoms with Crippen molar-refractivity contribution < 1.29 is 19.0 Å². The number of hydrogen-bond acceptors (Lipinski definition) is 6. The molecule has 7 heteroatoms. The molecule has 0 spiro atoms. The first-order chi connectivity index (χ1) is 9.56. The van der Waals surface area contributed by atoms with Crippen LogP contribution in [0.3, 0.4) is 0 Å². The number of methoxy groups -OCH3 is 2. The Morgan fingerprint density at radius 1 is 1.35 bits per heavy atom. The van der Waals surface area contributed by atoms with Crippen LogP contribution in [-0.2, 0) is 9.53 Å². The highest BCUT2D eigenvalue weighted by molar-refractivity contribution is 5.86. The summed E-state index contributed by atoms with van der Waals surface area (Å²) in [7, 11) is 3.08. The highest BCUT2D eigenvalue weighted by Crippen LogP contribution is 2.34. The molecule has 1 aromatic rings. The summed E-state index contributed by atoms with van der Waals surface area (Å²) in [6, 6.07) is 4.64. The lowest BCUT2D eigenvalue weighted by atomic mass is 10.00. The third-order valence-electron chi connectivity index (χ3n) is 3.03. The number of nitrogens with two attached hydrogens (primary N) is 2. The minimum absolute atomic E-state index is 0.0946. The van der Waals surface area contributed by atoms with Crippen molar-refractivity contribution in [3.8, 4) is 11.5 Å². The Balaban J connectivity index is 2.41. The van der Waals surface area contributed by atoms with Crippen LogP contribution in [0.4, 0.5) is 0 Å². The monoisotopic (exact) mass is 279 g/mol. The van der Waals surface area contributed by atoms with Crippen LogP contribution in [0.15, 0.2) is 23.2 Å². The highest BCUT2D eigenvalue weighted by Gasteiger charge is 2.32. The SMILES string of the molecule is COc1ccc([C@H]2N=C(N)CO[C@@H]2C(N)=O)cc1OC. The van der Waals surface area contributed by atoms with E-state index in [1.54, 1.807) is 25.3 Å². The van der Waals surface area contributed by atoms with Crippen molar-refractivity contribution in [3.05, 3.63) is 23.8 Å². The standard InChI is InChI=1S/C13H17N3O4/c1-18-8-4-3-7(5-9(8)19-2)11-12(13(15)17)20-6-10(14)16-11/h3-5,11-12H,6H2,1-2H3,(H2,14,16)(H2,15,17)/t11-,12+/m1/s1. The summed E-state index contributed by atoms with van der Waals surface area (Å²) in [5.41, 5.74) is 11.7. The molecule has 2 rings (SSSR count). The van der Waals surface area contributed by atoms with Crippen molar-refractivity contribution in [2.24, 2.45) is 16.5 Å². The second-order valence-electron chi connectivity index (χ2n) is 4.31. The molecule has 1 aromatic carbocycles. The second kappa shape index (κ2) is 5.79. The lowest BCUT2D eigenvalue weighted by Gasteiger charge is -2.27. The number of carbonyl (C=O) groups excluding carboxylic acids is 1. The maximum atomic E-state index is 11.5. The lowest BCUT2D eigenvalue weighted by molar-refractivity contribution is -0.130. The van der Waals surface area contributed by atoms with Gasteiger partial charge in [0, 0.05) is 0 Å². The van der Waals surface area contributed by atoms with E-state index in [1.807, 2.05) is 0 Å². The van der Waals surface area contributed by atoms with E-state index in [9.17, 15) is 4.79 Å². The predicted octanol–water partition coefficient (Wildman–Crippen LogP) is -0.0138. The smallest absolute Gasteiger partial charge is 0.249 e. The Hall–Kier alpha value is -2.28. The zero-order valence-corrected chi connectivity index (χ0v) is 11.3. The predicted molar refractivity (Wildman–Crippen MR) is 72.8 cm³/mol. The molecule has 0 radical (unpaired) electrons. The van der Waals surface area contributed by atoms with Crippen LogP contribution in [-0.4, -0.2) is 38.7 Å². The molecule has 7 nitrogen and oxygen atoms in total. The molecule has 0 bridgehead atoms. The Kier molecular flexibility index (Phi) is 4.09. The topological polar surface area (TPSA) is 109 Å². The maximum Gasteiger partial charge on any atom is 0.249 e. The number of ether oxygens (including phenoxy) is 3. The van der Waals surface area contributed by atoms with Gasteiger partial charge in [-0.3, -0.25) is 9.79 Å². The van der Waals surface area contributed by atoms with Crippen LogP contribution in [0.5, 0.6) is 11.5 Å². The third kappa shape index (κ3) is 2.67. The summed E-state index contributed by atoms with van der Waals surface area (Å²) in [6.07, 6.45) is -0.847. The zero-order valence-electron chi connectivity index (χ0n) is 11.3. The molecule has 0 saturated carbocycles. The average Bonchev–Trinajstić information content (AvgIpc) is 2.46. The molecule has 0 aliphatic carbocycles. The van der Waals surface area contributed by atoms with E-state index in [0.29, 0.717) is 22.9 Å². The van der Waals surface area contributed by atoms with Gasteiger partial charge >= 0.3 is 0 Å². The minimum Gasteiger partial charge on any atom is -0.493 e. The van der Waals surface area contributed by atoms with Gasteiger partial charge in [-0.15, -0.1) is 0 Å². The fourth-order valence-corrected chi connectivity index (χ4v) is 2.07. The Morgan fingerprint density at radius 2 is 2.05 bits per heavy atom. The van der Waals surface area contributed by atoms with Crippen molar-refractivity contribution in [3.63, 3.8) is 0 Å². The summed E-state index contributed by atoms with van der Waals surface area (Å²) >= 11 is 0. The van der Waals surface area contributed by atoms with Crippen molar-refractivity contribution in [2.75, 3.05) is 20.8 Å². The van der Waals surface area contributed by atoms with Gasteiger partial charge in [0.05, 0.1) is 14.2 Å². The maximum absolute atomic E-state index is 11.5. The molecule has 20 heavy (non-hydrogen) atoms. The van der Waals surface area contributed by atoms with E-state index >= 15 is 0 Å². The molecule has 1 aliphatic heterocycles. The van der Waals surface area contributed by atoms with Crippen LogP contribution in [0.2, 0.25) is 0 Å². The number of hydrogen-bond donors (Lipinski definition) is 2. The molecule has 0 saturated heterocycles. The normalized spacial score (nSPS) is 22.0. The van der Waals surface area contributed by atoms with Gasteiger partial charge in [0.1, 0.15) is 18.5 Å². The molecule has 0 fully saturated rings. The first-order valence-electron chi connectivity index (χ1n) is 6.01. The summed E-state index contributed by atoms with van der Waals surface area (Å²) in [6.45, 7) is 0.0946.